The third-order valence-electron chi connectivity index (χ3n) is 2.74. The van der Waals surface area contributed by atoms with Crippen LogP contribution in [0.2, 0.25) is 10.0 Å². The van der Waals surface area contributed by atoms with Crippen molar-refractivity contribution in [3.8, 4) is 0 Å². The lowest BCUT2D eigenvalue weighted by Crippen LogP contribution is -2.41. The Labute approximate surface area is 118 Å². The molecule has 1 aromatic rings. The predicted molar refractivity (Wildman–Crippen MR) is 75.9 cm³/mol. The standard InChI is InChI=1S/C12H17Cl2NO2S/c1-12(2,3)10(15)7-18(16,17)11-8(13)5-4-6-9(11)14/h4-6,10H,7,15H2,1-3H3. The molecule has 6 heteroatoms. The maximum atomic E-state index is 12.3. The number of hydrogen-bond donors (Lipinski definition) is 1. The van der Waals surface area contributed by atoms with E-state index < -0.39 is 15.9 Å². The first-order chi connectivity index (χ1) is 8.05. The number of benzene rings is 1. The third-order valence-corrected chi connectivity index (χ3v) is 5.46. The number of hydrogen-bond acceptors (Lipinski definition) is 3. The van der Waals surface area contributed by atoms with Crippen LogP contribution in [0.25, 0.3) is 0 Å². The molecule has 18 heavy (non-hydrogen) atoms. The van der Waals surface area contributed by atoms with Gasteiger partial charge in [-0.2, -0.15) is 0 Å². The van der Waals surface area contributed by atoms with Gasteiger partial charge in [-0.3, -0.25) is 0 Å². The molecule has 0 aliphatic carbocycles. The van der Waals surface area contributed by atoms with Crippen LogP contribution in [0.15, 0.2) is 23.1 Å². The van der Waals surface area contributed by atoms with Crippen LogP contribution < -0.4 is 5.73 Å². The van der Waals surface area contributed by atoms with Crippen molar-refractivity contribution in [3.63, 3.8) is 0 Å². The van der Waals surface area contributed by atoms with Crippen molar-refractivity contribution < 1.29 is 8.42 Å². The summed E-state index contributed by atoms with van der Waals surface area (Å²) < 4.78 is 24.6. The number of halogens is 2. The topological polar surface area (TPSA) is 60.2 Å². The summed E-state index contributed by atoms with van der Waals surface area (Å²) in [5.74, 6) is -0.181. The van der Waals surface area contributed by atoms with E-state index in [1.165, 1.54) is 12.1 Å². The summed E-state index contributed by atoms with van der Waals surface area (Å²) in [5.41, 5.74) is 5.60. The van der Waals surface area contributed by atoms with Crippen molar-refractivity contribution in [1.29, 1.82) is 0 Å². The molecule has 0 spiro atoms. The quantitative estimate of drug-likeness (QED) is 0.933. The van der Waals surface area contributed by atoms with Crippen LogP contribution in [0.1, 0.15) is 20.8 Å². The van der Waals surface area contributed by atoms with E-state index in [4.69, 9.17) is 28.9 Å². The monoisotopic (exact) mass is 309 g/mol. The lowest BCUT2D eigenvalue weighted by Gasteiger charge is -2.27. The largest absolute Gasteiger partial charge is 0.326 e. The van der Waals surface area contributed by atoms with Gasteiger partial charge < -0.3 is 5.73 Å². The Hall–Kier alpha value is -0.290. The Balaban J connectivity index is 3.16. The smallest absolute Gasteiger partial charge is 0.182 e. The molecule has 0 heterocycles. The van der Waals surface area contributed by atoms with E-state index in [1.54, 1.807) is 6.07 Å². The maximum absolute atomic E-state index is 12.3. The van der Waals surface area contributed by atoms with Crippen molar-refractivity contribution in [2.75, 3.05) is 5.75 Å². The highest BCUT2D eigenvalue weighted by atomic mass is 35.5. The fraction of sp³-hybridized carbons (Fsp3) is 0.500. The molecule has 0 radical (unpaired) electrons. The predicted octanol–water partition coefficient (Wildman–Crippen LogP) is 3.14. The Bertz CT molecular complexity index is 515. The van der Waals surface area contributed by atoms with Gasteiger partial charge in [0.1, 0.15) is 4.90 Å². The molecule has 0 bridgehead atoms. The maximum Gasteiger partial charge on any atom is 0.182 e. The summed E-state index contributed by atoms with van der Waals surface area (Å²) in [5, 5.41) is 0.257. The van der Waals surface area contributed by atoms with Gasteiger partial charge in [-0.15, -0.1) is 0 Å². The van der Waals surface area contributed by atoms with E-state index in [9.17, 15) is 8.42 Å². The van der Waals surface area contributed by atoms with E-state index in [1.807, 2.05) is 20.8 Å². The molecule has 0 saturated carbocycles. The number of nitrogens with two attached hydrogens (primary N) is 1. The zero-order chi connectivity index (χ0) is 14.1. The summed E-state index contributed by atoms with van der Waals surface area (Å²) in [7, 11) is -3.59. The van der Waals surface area contributed by atoms with Crippen LogP contribution in [0, 0.1) is 5.41 Å². The molecule has 2 N–H and O–H groups in total. The Morgan fingerprint density at radius 2 is 1.67 bits per heavy atom. The summed E-state index contributed by atoms with van der Waals surface area (Å²) in [6.07, 6.45) is 0. The average Bonchev–Trinajstić information content (AvgIpc) is 2.14. The SMILES string of the molecule is CC(C)(C)C(N)CS(=O)(=O)c1c(Cl)cccc1Cl. The fourth-order valence-electron chi connectivity index (χ4n) is 1.35. The lowest BCUT2D eigenvalue weighted by molar-refractivity contribution is 0.340. The molecule has 102 valence electrons. The fourth-order valence-corrected chi connectivity index (χ4v) is 4.32. The number of sulfone groups is 1. The molecule has 1 atom stereocenters. The van der Waals surface area contributed by atoms with Crippen LogP contribution in [0.4, 0.5) is 0 Å². The molecule has 0 aliphatic heterocycles. The van der Waals surface area contributed by atoms with Crippen molar-refractivity contribution in [2.24, 2.45) is 11.1 Å². The molecule has 0 saturated heterocycles. The van der Waals surface area contributed by atoms with Gasteiger partial charge in [-0.25, -0.2) is 8.42 Å². The second-order valence-corrected chi connectivity index (χ2v) is 8.09. The minimum atomic E-state index is -3.59. The molecule has 1 rings (SSSR count). The van der Waals surface area contributed by atoms with Gasteiger partial charge in [0.25, 0.3) is 0 Å². The second-order valence-electron chi connectivity index (χ2n) is 5.30. The van der Waals surface area contributed by atoms with Gasteiger partial charge in [0.2, 0.25) is 0 Å². The minimum absolute atomic E-state index is 0.0342. The van der Waals surface area contributed by atoms with Crippen molar-refractivity contribution in [3.05, 3.63) is 28.2 Å². The van der Waals surface area contributed by atoms with Crippen LogP contribution in [0.3, 0.4) is 0 Å². The van der Waals surface area contributed by atoms with E-state index >= 15 is 0 Å². The van der Waals surface area contributed by atoms with Crippen molar-refractivity contribution in [1.82, 2.24) is 0 Å². The second kappa shape index (κ2) is 5.37. The Kier molecular flexibility index (Phi) is 4.70. The molecule has 0 amide bonds. The van der Waals surface area contributed by atoms with E-state index in [0.29, 0.717) is 0 Å². The van der Waals surface area contributed by atoms with Gasteiger partial charge in [0, 0.05) is 6.04 Å². The average molecular weight is 310 g/mol. The minimum Gasteiger partial charge on any atom is -0.326 e. The molecule has 1 aromatic carbocycles. The first kappa shape index (κ1) is 15.8. The molecule has 0 aromatic heterocycles. The first-order valence-corrected chi connectivity index (χ1v) is 7.89. The molecular weight excluding hydrogens is 293 g/mol. The van der Waals surface area contributed by atoms with Crippen molar-refractivity contribution in [2.45, 2.75) is 31.7 Å². The van der Waals surface area contributed by atoms with Crippen LogP contribution in [-0.2, 0) is 9.84 Å². The molecule has 1 unspecified atom stereocenters. The summed E-state index contributed by atoms with van der Waals surface area (Å²) >= 11 is 11.8. The first-order valence-electron chi connectivity index (χ1n) is 5.48. The molecule has 3 nitrogen and oxygen atoms in total. The Morgan fingerprint density at radius 3 is 2.06 bits per heavy atom. The van der Waals surface area contributed by atoms with E-state index in [0.717, 1.165) is 0 Å². The van der Waals surface area contributed by atoms with E-state index in [-0.39, 0.29) is 26.1 Å². The van der Waals surface area contributed by atoms with Gasteiger partial charge in [-0.05, 0) is 17.5 Å². The lowest BCUT2D eigenvalue weighted by atomic mass is 9.89. The molecule has 0 aliphatic rings. The zero-order valence-corrected chi connectivity index (χ0v) is 12.9. The normalized spacial score (nSPS) is 14.6. The molecular formula is C12H17Cl2NO2S. The van der Waals surface area contributed by atoms with Crippen LogP contribution in [-0.4, -0.2) is 20.2 Å². The van der Waals surface area contributed by atoms with Crippen LogP contribution in [0.5, 0.6) is 0 Å². The highest BCUT2D eigenvalue weighted by Gasteiger charge is 2.30. The zero-order valence-electron chi connectivity index (χ0n) is 10.6. The highest BCUT2D eigenvalue weighted by molar-refractivity contribution is 7.91. The van der Waals surface area contributed by atoms with Gasteiger partial charge in [-0.1, -0.05) is 50.0 Å². The summed E-state index contributed by atoms with van der Waals surface area (Å²) in [6, 6.07) is 4.12. The van der Waals surface area contributed by atoms with Gasteiger partial charge >= 0.3 is 0 Å². The highest BCUT2D eigenvalue weighted by Crippen LogP contribution is 2.31. The van der Waals surface area contributed by atoms with Crippen molar-refractivity contribution >= 4 is 33.0 Å². The summed E-state index contributed by atoms with van der Waals surface area (Å²) in [6.45, 7) is 5.67. The summed E-state index contributed by atoms with van der Waals surface area (Å²) in [4.78, 5) is -0.0342. The number of rotatable bonds is 3. The van der Waals surface area contributed by atoms with Crippen LogP contribution >= 0.6 is 23.2 Å². The van der Waals surface area contributed by atoms with E-state index in [2.05, 4.69) is 0 Å². The third kappa shape index (κ3) is 3.60. The molecule has 0 fully saturated rings. The Morgan fingerprint density at radius 1 is 1.22 bits per heavy atom. The van der Waals surface area contributed by atoms with Gasteiger partial charge in [0.15, 0.2) is 9.84 Å². The van der Waals surface area contributed by atoms with Gasteiger partial charge in [0.05, 0.1) is 15.8 Å².